The second-order valence-corrected chi connectivity index (χ2v) is 3.49. The third-order valence-electron chi connectivity index (χ3n) is 2.33. The third kappa shape index (κ3) is 3.37. The van der Waals surface area contributed by atoms with Gasteiger partial charge in [0, 0.05) is 5.56 Å². The number of carbonyl (C=O) groups is 2. The molecule has 8 nitrogen and oxygen atoms in total. The minimum Gasteiger partial charge on any atom is -0.493 e. The smallest absolute Gasteiger partial charge is 0.329 e. The topological polar surface area (TPSA) is 112 Å². The highest BCUT2D eigenvalue weighted by atomic mass is 16.5. The normalized spacial score (nSPS) is 10.2. The van der Waals surface area contributed by atoms with E-state index in [1.54, 1.807) is 12.1 Å². The van der Waals surface area contributed by atoms with E-state index in [9.17, 15) is 9.59 Å². The van der Waals surface area contributed by atoms with E-state index in [1.165, 1.54) is 27.5 Å². The van der Waals surface area contributed by atoms with E-state index < -0.39 is 11.8 Å². The fourth-order valence-electron chi connectivity index (χ4n) is 1.44. The largest absolute Gasteiger partial charge is 0.493 e. The number of hydrogen-bond acceptors (Lipinski definition) is 6. The Morgan fingerprint density at radius 1 is 1.15 bits per heavy atom. The first kappa shape index (κ1) is 15.3. The molecule has 0 atom stereocenters. The highest BCUT2D eigenvalue weighted by molar-refractivity contribution is 6.34. The number of amides is 2. The molecular formula is C12H15N3O5. The lowest BCUT2D eigenvalue weighted by molar-refractivity contribution is -0.137. The fraction of sp³-hybridized carbons (Fsp3) is 0.250. The average Bonchev–Trinajstić information content (AvgIpc) is 2.45. The lowest BCUT2D eigenvalue weighted by atomic mass is 10.2. The van der Waals surface area contributed by atoms with Gasteiger partial charge in [-0.15, -0.1) is 0 Å². The van der Waals surface area contributed by atoms with Gasteiger partial charge in [-0.05, 0) is 12.1 Å². The summed E-state index contributed by atoms with van der Waals surface area (Å²) in [4.78, 5) is 21.5. The molecule has 0 fully saturated rings. The van der Waals surface area contributed by atoms with E-state index in [1.807, 2.05) is 5.43 Å². The molecular weight excluding hydrogens is 266 g/mol. The average molecular weight is 281 g/mol. The molecule has 1 rings (SSSR count). The van der Waals surface area contributed by atoms with Crippen LogP contribution in [0.15, 0.2) is 17.2 Å². The Hall–Kier alpha value is -2.77. The molecule has 20 heavy (non-hydrogen) atoms. The van der Waals surface area contributed by atoms with Crippen molar-refractivity contribution in [3.63, 3.8) is 0 Å². The van der Waals surface area contributed by atoms with Gasteiger partial charge in [-0.2, -0.15) is 5.10 Å². The molecule has 0 aliphatic rings. The quantitative estimate of drug-likeness (QED) is 0.435. The number of ether oxygens (including phenoxy) is 3. The summed E-state index contributed by atoms with van der Waals surface area (Å²) in [5.41, 5.74) is 7.27. The van der Waals surface area contributed by atoms with Crippen molar-refractivity contribution in [2.24, 2.45) is 10.8 Å². The summed E-state index contributed by atoms with van der Waals surface area (Å²) in [5, 5.41) is 3.60. The van der Waals surface area contributed by atoms with Crippen molar-refractivity contribution in [3.05, 3.63) is 17.7 Å². The summed E-state index contributed by atoms with van der Waals surface area (Å²) >= 11 is 0. The maximum Gasteiger partial charge on any atom is 0.329 e. The summed E-state index contributed by atoms with van der Waals surface area (Å²) in [6.07, 6.45) is 1.29. The van der Waals surface area contributed by atoms with Crippen LogP contribution in [0, 0.1) is 0 Å². The predicted octanol–water partition coefficient (Wildman–Crippen LogP) is -0.352. The molecule has 1 aromatic carbocycles. The van der Waals surface area contributed by atoms with Gasteiger partial charge in [0.2, 0.25) is 5.75 Å². The molecule has 0 bridgehead atoms. The lowest BCUT2D eigenvalue weighted by Gasteiger charge is -2.13. The Labute approximate surface area is 115 Å². The van der Waals surface area contributed by atoms with E-state index in [0.29, 0.717) is 22.8 Å². The molecule has 0 saturated heterocycles. The van der Waals surface area contributed by atoms with Crippen LogP contribution < -0.4 is 25.4 Å². The van der Waals surface area contributed by atoms with Gasteiger partial charge in [0.25, 0.3) is 0 Å². The van der Waals surface area contributed by atoms with E-state index in [4.69, 9.17) is 19.9 Å². The number of nitrogens with zero attached hydrogens (tertiary/aromatic N) is 1. The molecule has 0 aliphatic heterocycles. The van der Waals surface area contributed by atoms with E-state index in [-0.39, 0.29) is 0 Å². The highest BCUT2D eigenvalue weighted by Crippen LogP contribution is 2.38. The highest BCUT2D eigenvalue weighted by Gasteiger charge is 2.14. The van der Waals surface area contributed by atoms with Crippen molar-refractivity contribution in [1.82, 2.24) is 5.43 Å². The van der Waals surface area contributed by atoms with Gasteiger partial charge in [-0.3, -0.25) is 9.59 Å². The van der Waals surface area contributed by atoms with Gasteiger partial charge in [0.15, 0.2) is 11.5 Å². The van der Waals surface area contributed by atoms with E-state index in [2.05, 4.69) is 5.10 Å². The number of hydrogen-bond donors (Lipinski definition) is 2. The molecule has 108 valence electrons. The van der Waals surface area contributed by atoms with Gasteiger partial charge < -0.3 is 19.9 Å². The molecule has 0 radical (unpaired) electrons. The first-order valence-electron chi connectivity index (χ1n) is 5.47. The van der Waals surface area contributed by atoms with Crippen molar-refractivity contribution in [3.8, 4) is 17.2 Å². The number of primary amides is 1. The van der Waals surface area contributed by atoms with Crippen LogP contribution in [0.2, 0.25) is 0 Å². The van der Waals surface area contributed by atoms with Crippen molar-refractivity contribution in [2.45, 2.75) is 0 Å². The number of nitrogens with one attached hydrogen (secondary N) is 1. The molecule has 8 heteroatoms. The Morgan fingerprint density at radius 2 is 1.80 bits per heavy atom. The minimum absolute atomic E-state index is 0.379. The third-order valence-corrected chi connectivity index (χ3v) is 2.33. The number of hydrazone groups is 1. The minimum atomic E-state index is -1.12. The Morgan fingerprint density at radius 3 is 2.30 bits per heavy atom. The maximum absolute atomic E-state index is 10.9. The van der Waals surface area contributed by atoms with Crippen LogP contribution in [0.1, 0.15) is 5.56 Å². The Kier molecular flexibility index (Phi) is 5.33. The second-order valence-electron chi connectivity index (χ2n) is 3.49. The molecule has 1 aromatic rings. The lowest BCUT2D eigenvalue weighted by Crippen LogP contribution is -2.32. The van der Waals surface area contributed by atoms with Crippen LogP contribution >= 0.6 is 0 Å². The van der Waals surface area contributed by atoms with Crippen molar-refractivity contribution >= 4 is 18.0 Å². The van der Waals surface area contributed by atoms with Crippen LogP contribution in [0.3, 0.4) is 0 Å². The SMILES string of the molecule is COc1ccc(/C=N\NC(=O)C(N)=O)c(OC)c1OC. The molecule has 2 amide bonds. The van der Waals surface area contributed by atoms with Crippen LogP contribution in [0.5, 0.6) is 17.2 Å². The predicted molar refractivity (Wildman–Crippen MR) is 71.0 cm³/mol. The number of carbonyl (C=O) groups excluding carboxylic acids is 2. The maximum atomic E-state index is 10.9. The zero-order chi connectivity index (χ0) is 15.1. The molecule has 0 aliphatic carbocycles. The zero-order valence-electron chi connectivity index (χ0n) is 11.3. The number of rotatable bonds is 5. The van der Waals surface area contributed by atoms with Crippen LogP contribution in [0.25, 0.3) is 0 Å². The van der Waals surface area contributed by atoms with Gasteiger partial charge in [-0.1, -0.05) is 0 Å². The summed E-state index contributed by atoms with van der Waals surface area (Å²) in [5.74, 6) is -0.881. The van der Waals surface area contributed by atoms with Gasteiger partial charge >= 0.3 is 11.8 Å². The van der Waals surface area contributed by atoms with Gasteiger partial charge in [0.05, 0.1) is 27.5 Å². The first-order valence-corrected chi connectivity index (χ1v) is 5.47. The zero-order valence-corrected chi connectivity index (χ0v) is 11.3. The van der Waals surface area contributed by atoms with Crippen LogP contribution in [-0.4, -0.2) is 39.4 Å². The molecule has 0 saturated carbocycles. The molecule has 0 heterocycles. The fourth-order valence-corrected chi connectivity index (χ4v) is 1.44. The van der Waals surface area contributed by atoms with Crippen molar-refractivity contribution in [1.29, 1.82) is 0 Å². The number of benzene rings is 1. The van der Waals surface area contributed by atoms with E-state index in [0.717, 1.165) is 0 Å². The van der Waals surface area contributed by atoms with Crippen molar-refractivity contribution in [2.75, 3.05) is 21.3 Å². The number of methoxy groups -OCH3 is 3. The van der Waals surface area contributed by atoms with Crippen LogP contribution in [0.4, 0.5) is 0 Å². The molecule has 0 spiro atoms. The van der Waals surface area contributed by atoms with Crippen LogP contribution in [-0.2, 0) is 9.59 Å². The number of nitrogens with two attached hydrogens (primary N) is 1. The molecule has 3 N–H and O–H groups in total. The molecule has 0 unspecified atom stereocenters. The summed E-state index contributed by atoms with van der Waals surface area (Å²) in [7, 11) is 4.42. The monoisotopic (exact) mass is 281 g/mol. The summed E-state index contributed by atoms with van der Waals surface area (Å²) in [6, 6.07) is 3.30. The Bertz CT molecular complexity index is 542. The molecule has 0 aromatic heterocycles. The Balaban J connectivity index is 3.04. The van der Waals surface area contributed by atoms with Gasteiger partial charge in [0.1, 0.15) is 0 Å². The van der Waals surface area contributed by atoms with Gasteiger partial charge in [-0.25, -0.2) is 5.43 Å². The summed E-state index contributed by atoms with van der Waals surface area (Å²) < 4.78 is 15.5. The summed E-state index contributed by atoms with van der Waals surface area (Å²) in [6.45, 7) is 0. The van der Waals surface area contributed by atoms with Crippen molar-refractivity contribution < 1.29 is 23.8 Å². The standard InChI is InChI=1S/C12H15N3O5/c1-18-8-5-4-7(9(19-2)10(8)20-3)6-14-15-12(17)11(13)16/h4-6H,1-3H3,(H2,13,16)(H,15,17)/b14-6-. The van der Waals surface area contributed by atoms with E-state index >= 15 is 0 Å². The first-order chi connectivity index (χ1) is 9.54. The second kappa shape index (κ2) is 6.98.